The van der Waals surface area contributed by atoms with Gasteiger partial charge in [-0.15, -0.1) is 0 Å². The number of allylic oxidation sites excluding steroid dienone is 1. The summed E-state index contributed by atoms with van der Waals surface area (Å²) >= 11 is 0. The first-order valence-corrected chi connectivity index (χ1v) is 11.8. The molecular formula is C29H28N2O5. The fourth-order valence-electron chi connectivity index (χ4n) is 3.95. The maximum Gasteiger partial charge on any atom is 0.349 e. The molecule has 3 aromatic rings. The van der Waals surface area contributed by atoms with Crippen LogP contribution in [-0.2, 0) is 4.79 Å². The molecule has 0 saturated carbocycles. The van der Waals surface area contributed by atoms with Gasteiger partial charge in [0.1, 0.15) is 34.6 Å². The Morgan fingerprint density at radius 3 is 2.53 bits per heavy atom. The maximum absolute atomic E-state index is 12.4. The fourth-order valence-corrected chi connectivity index (χ4v) is 3.95. The van der Waals surface area contributed by atoms with Crippen molar-refractivity contribution in [1.29, 1.82) is 5.26 Å². The molecule has 4 rings (SSSR count). The first-order chi connectivity index (χ1) is 17.5. The molecule has 7 heteroatoms. The van der Waals surface area contributed by atoms with E-state index < -0.39 is 11.9 Å². The number of carbonyl (C=O) groups is 1. The van der Waals surface area contributed by atoms with E-state index in [0.29, 0.717) is 29.4 Å². The Morgan fingerprint density at radius 1 is 1.06 bits per heavy atom. The van der Waals surface area contributed by atoms with Crippen LogP contribution in [0.3, 0.4) is 0 Å². The Bertz CT molecular complexity index is 1310. The van der Waals surface area contributed by atoms with Crippen LogP contribution in [0.1, 0.15) is 42.4 Å². The Labute approximate surface area is 210 Å². The van der Waals surface area contributed by atoms with Gasteiger partial charge in [0.15, 0.2) is 6.61 Å². The molecule has 0 amide bonds. The van der Waals surface area contributed by atoms with Crippen LogP contribution in [0.25, 0.3) is 0 Å². The second-order valence-electron chi connectivity index (χ2n) is 8.42. The lowest BCUT2D eigenvalue weighted by atomic mass is 9.83. The second-order valence-corrected chi connectivity index (χ2v) is 8.42. The van der Waals surface area contributed by atoms with Gasteiger partial charge in [-0.05, 0) is 48.7 Å². The number of esters is 1. The predicted octanol–water partition coefficient (Wildman–Crippen LogP) is 5.38. The summed E-state index contributed by atoms with van der Waals surface area (Å²) in [5, 5.41) is 9.79. The van der Waals surface area contributed by atoms with E-state index in [1.54, 1.807) is 24.3 Å². The summed E-state index contributed by atoms with van der Waals surface area (Å²) in [5.41, 5.74) is 8.97. The highest BCUT2D eigenvalue weighted by Crippen LogP contribution is 2.43. The Balaban J connectivity index is 1.51. The van der Waals surface area contributed by atoms with Gasteiger partial charge in [-0.3, -0.25) is 0 Å². The van der Waals surface area contributed by atoms with E-state index in [1.165, 1.54) is 0 Å². The lowest BCUT2D eigenvalue weighted by molar-refractivity contribution is -0.136. The minimum atomic E-state index is -0.551. The summed E-state index contributed by atoms with van der Waals surface area (Å²) in [6.45, 7) is 4.43. The highest BCUT2D eigenvalue weighted by molar-refractivity contribution is 5.74. The first kappa shape index (κ1) is 24.7. The van der Waals surface area contributed by atoms with Gasteiger partial charge in [0.25, 0.3) is 0 Å². The Kier molecular flexibility index (Phi) is 7.76. The van der Waals surface area contributed by atoms with Crippen molar-refractivity contribution in [3.63, 3.8) is 0 Å². The van der Waals surface area contributed by atoms with E-state index in [-0.39, 0.29) is 12.5 Å². The van der Waals surface area contributed by atoms with E-state index in [9.17, 15) is 10.1 Å². The maximum atomic E-state index is 12.4. The van der Waals surface area contributed by atoms with E-state index in [0.717, 1.165) is 35.3 Å². The van der Waals surface area contributed by atoms with Crippen LogP contribution in [0.4, 0.5) is 0 Å². The number of para-hydroxylation sites is 1. The summed E-state index contributed by atoms with van der Waals surface area (Å²) in [6, 6.07) is 22.3. The number of carbonyl (C=O) groups excluding carboxylic acids is 1. The summed E-state index contributed by atoms with van der Waals surface area (Å²) in [7, 11) is 0. The third-order valence-electron chi connectivity index (χ3n) is 5.84. The molecule has 1 unspecified atom stereocenters. The molecule has 0 aliphatic carbocycles. The number of nitrogens with zero attached hydrogens (tertiary/aromatic N) is 1. The lowest BCUT2D eigenvalue weighted by Gasteiger charge is -2.26. The molecule has 184 valence electrons. The molecule has 0 bridgehead atoms. The molecule has 2 N–H and O–H groups in total. The number of unbranched alkanes of at least 4 members (excludes halogenated alkanes) is 1. The number of nitrogens with two attached hydrogens (primary N) is 1. The molecule has 1 aliphatic rings. The van der Waals surface area contributed by atoms with Gasteiger partial charge in [0, 0.05) is 11.6 Å². The zero-order chi connectivity index (χ0) is 25.5. The molecule has 0 fully saturated rings. The molecule has 36 heavy (non-hydrogen) atoms. The second kappa shape index (κ2) is 11.3. The third kappa shape index (κ3) is 5.61. The number of aryl methyl sites for hydroxylation is 1. The van der Waals surface area contributed by atoms with Crippen molar-refractivity contribution < 1.29 is 23.7 Å². The number of fused-ring (bicyclic) bond motifs is 1. The number of benzene rings is 3. The predicted molar refractivity (Wildman–Crippen MR) is 135 cm³/mol. The zero-order valence-electron chi connectivity index (χ0n) is 20.3. The van der Waals surface area contributed by atoms with Crippen molar-refractivity contribution in [3.8, 4) is 29.1 Å². The van der Waals surface area contributed by atoms with Crippen molar-refractivity contribution in [2.45, 2.75) is 32.6 Å². The summed E-state index contributed by atoms with van der Waals surface area (Å²) in [4.78, 5) is 12.4. The molecule has 7 nitrogen and oxygen atoms in total. The molecule has 0 radical (unpaired) electrons. The largest absolute Gasteiger partial charge is 0.494 e. The van der Waals surface area contributed by atoms with E-state index >= 15 is 0 Å². The van der Waals surface area contributed by atoms with Gasteiger partial charge in [-0.25, -0.2) is 4.79 Å². The first-order valence-electron chi connectivity index (χ1n) is 11.8. The fraction of sp³-hybridized carbons (Fsp3) is 0.241. The van der Waals surface area contributed by atoms with Gasteiger partial charge in [-0.1, -0.05) is 49.7 Å². The number of rotatable bonds is 9. The van der Waals surface area contributed by atoms with E-state index in [4.69, 9.17) is 24.7 Å². The topological polar surface area (TPSA) is 104 Å². The molecule has 1 heterocycles. The lowest BCUT2D eigenvalue weighted by Crippen LogP contribution is -2.21. The van der Waals surface area contributed by atoms with Crippen molar-refractivity contribution in [1.82, 2.24) is 0 Å². The van der Waals surface area contributed by atoms with E-state index in [1.807, 2.05) is 49.4 Å². The average molecular weight is 485 g/mol. The Morgan fingerprint density at radius 2 is 1.81 bits per heavy atom. The zero-order valence-corrected chi connectivity index (χ0v) is 20.3. The quantitative estimate of drug-likeness (QED) is 0.247. The van der Waals surface area contributed by atoms with Crippen molar-refractivity contribution >= 4 is 5.97 Å². The van der Waals surface area contributed by atoms with Crippen LogP contribution in [0.15, 0.2) is 78.2 Å². The standard InChI is InChI=1S/C29H28N2O5/c1-3-4-15-33-21-11-9-20(10-12-21)28-23-14-13-22(16-26(23)36-29(31)24(28)17-30)35-27(32)18-34-25-8-6-5-7-19(25)2/h5-14,16,28H,3-4,15,18,31H2,1-2H3. The third-order valence-corrected chi connectivity index (χ3v) is 5.84. The molecular weight excluding hydrogens is 456 g/mol. The number of hydrogen-bond acceptors (Lipinski definition) is 7. The van der Waals surface area contributed by atoms with Crippen molar-refractivity contribution in [3.05, 3.63) is 94.9 Å². The minimum Gasteiger partial charge on any atom is -0.494 e. The van der Waals surface area contributed by atoms with Gasteiger partial charge in [0.2, 0.25) is 5.88 Å². The average Bonchev–Trinajstić information content (AvgIpc) is 2.88. The number of hydrogen-bond donors (Lipinski definition) is 1. The van der Waals surface area contributed by atoms with Gasteiger partial charge < -0.3 is 24.7 Å². The molecule has 3 aromatic carbocycles. The SMILES string of the molecule is CCCCOc1ccc(C2C(C#N)=C(N)Oc3cc(OC(=O)COc4ccccc4C)ccc32)cc1. The smallest absolute Gasteiger partial charge is 0.349 e. The van der Waals surface area contributed by atoms with Crippen molar-refractivity contribution in [2.75, 3.05) is 13.2 Å². The molecule has 1 aliphatic heterocycles. The monoisotopic (exact) mass is 484 g/mol. The van der Waals surface area contributed by atoms with Crippen molar-refractivity contribution in [2.24, 2.45) is 5.73 Å². The van der Waals surface area contributed by atoms with Crippen LogP contribution in [0.2, 0.25) is 0 Å². The number of ether oxygens (including phenoxy) is 4. The van der Waals surface area contributed by atoms with Crippen LogP contribution in [0, 0.1) is 18.3 Å². The Hall–Kier alpha value is -4.44. The van der Waals surface area contributed by atoms with Crippen LogP contribution >= 0.6 is 0 Å². The minimum absolute atomic E-state index is 0.0182. The molecule has 0 spiro atoms. The van der Waals surface area contributed by atoms with Gasteiger partial charge in [0.05, 0.1) is 12.5 Å². The highest BCUT2D eigenvalue weighted by Gasteiger charge is 2.31. The number of nitriles is 1. The van der Waals surface area contributed by atoms with Gasteiger partial charge in [-0.2, -0.15) is 5.26 Å². The molecule has 0 aromatic heterocycles. The molecule has 0 saturated heterocycles. The summed E-state index contributed by atoms with van der Waals surface area (Å²) in [5.74, 6) is 1.15. The highest BCUT2D eigenvalue weighted by atomic mass is 16.6. The van der Waals surface area contributed by atoms with Crippen LogP contribution < -0.4 is 24.7 Å². The van der Waals surface area contributed by atoms with Crippen LogP contribution in [0.5, 0.6) is 23.0 Å². The van der Waals surface area contributed by atoms with E-state index in [2.05, 4.69) is 13.0 Å². The normalized spacial score (nSPS) is 14.3. The summed E-state index contributed by atoms with van der Waals surface area (Å²) < 4.78 is 22.5. The van der Waals surface area contributed by atoms with Crippen LogP contribution in [-0.4, -0.2) is 19.2 Å². The van der Waals surface area contributed by atoms with Gasteiger partial charge >= 0.3 is 5.97 Å². The summed E-state index contributed by atoms with van der Waals surface area (Å²) in [6.07, 6.45) is 2.04. The molecule has 1 atom stereocenters.